The zero-order valence-corrected chi connectivity index (χ0v) is 17.3. The van der Waals surface area contributed by atoms with Gasteiger partial charge in [0.1, 0.15) is 11.5 Å². The Balaban J connectivity index is 1.80. The summed E-state index contributed by atoms with van der Waals surface area (Å²) in [6.07, 6.45) is -3.58. The highest BCUT2D eigenvalue weighted by Crippen LogP contribution is 2.34. The first-order chi connectivity index (χ1) is 14.8. The van der Waals surface area contributed by atoms with Crippen molar-refractivity contribution in [3.8, 4) is 22.6 Å². The molecule has 0 bridgehead atoms. The summed E-state index contributed by atoms with van der Waals surface area (Å²) in [6.45, 7) is 0. The molecule has 168 valence electrons. The van der Waals surface area contributed by atoms with Gasteiger partial charge in [-0.2, -0.15) is 13.2 Å². The number of alkyl halides is 3. The molecule has 3 aromatic rings. The Morgan fingerprint density at radius 1 is 0.906 bits per heavy atom. The normalized spacial score (nSPS) is 11.8. The van der Waals surface area contributed by atoms with Crippen molar-refractivity contribution >= 4 is 27.3 Å². The lowest BCUT2D eigenvalue weighted by molar-refractivity contribution is -0.137. The molecule has 4 N–H and O–H groups in total. The van der Waals surface area contributed by atoms with Crippen molar-refractivity contribution < 1.29 is 36.6 Å². The molecule has 0 saturated heterocycles. The molecule has 3 rings (SSSR count). The van der Waals surface area contributed by atoms with Gasteiger partial charge in [0.25, 0.3) is 5.91 Å². The van der Waals surface area contributed by atoms with E-state index in [2.05, 4.69) is 10.0 Å². The van der Waals surface area contributed by atoms with Crippen LogP contribution in [-0.2, 0) is 16.2 Å². The molecular weight excluding hydrogens is 449 g/mol. The molecular formula is C21H17F3N2O5S. The number of anilines is 2. The third-order valence-corrected chi connectivity index (χ3v) is 4.92. The van der Waals surface area contributed by atoms with Crippen molar-refractivity contribution in [3.63, 3.8) is 0 Å². The number of carbonyl (C=O) groups excluding carboxylic acids is 1. The monoisotopic (exact) mass is 466 g/mol. The van der Waals surface area contributed by atoms with Gasteiger partial charge in [-0.15, -0.1) is 0 Å². The van der Waals surface area contributed by atoms with Crippen LogP contribution in [0.25, 0.3) is 11.1 Å². The summed E-state index contributed by atoms with van der Waals surface area (Å²) < 4.78 is 63.0. The molecule has 0 radical (unpaired) electrons. The van der Waals surface area contributed by atoms with E-state index in [-0.39, 0.29) is 34.0 Å². The van der Waals surface area contributed by atoms with Gasteiger partial charge in [0, 0.05) is 16.8 Å². The maximum absolute atomic E-state index is 12.7. The predicted octanol–water partition coefficient (Wildman–Crippen LogP) is 4.41. The van der Waals surface area contributed by atoms with Gasteiger partial charge in [0.15, 0.2) is 0 Å². The molecule has 0 aliphatic heterocycles. The van der Waals surface area contributed by atoms with E-state index >= 15 is 0 Å². The van der Waals surface area contributed by atoms with Gasteiger partial charge in [-0.3, -0.25) is 9.52 Å². The number of nitrogens with one attached hydrogen (secondary N) is 2. The van der Waals surface area contributed by atoms with E-state index in [1.807, 2.05) is 0 Å². The number of benzene rings is 3. The third kappa shape index (κ3) is 5.49. The maximum Gasteiger partial charge on any atom is 0.416 e. The summed E-state index contributed by atoms with van der Waals surface area (Å²) in [5.74, 6) is -1.30. The van der Waals surface area contributed by atoms with Gasteiger partial charge in [-0.25, -0.2) is 8.42 Å². The minimum Gasteiger partial charge on any atom is -0.507 e. The molecule has 0 atom stereocenters. The number of halogens is 3. The molecule has 0 heterocycles. The van der Waals surface area contributed by atoms with E-state index in [4.69, 9.17) is 0 Å². The number of carbonyl (C=O) groups is 1. The Hall–Kier alpha value is -3.73. The minimum atomic E-state index is -4.48. The highest BCUT2D eigenvalue weighted by molar-refractivity contribution is 7.92. The predicted molar refractivity (Wildman–Crippen MR) is 113 cm³/mol. The number of phenols is 2. The minimum absolute atomic E-state index is 0.0452. The molecule has 7 nitrogen and oxygen atoms in total. The van der Waals surface area contributed by atoms with E-state index in [9.17, 15) is 36.6 Å². The average molecular weight is 466 g/mol. The molecule has 0 fully saturated rings. The van der Waals surface area contributed by atoms with Crippen LogP contribution in [0.1, 0.15) is 15.9 Å². The summed E-state index contributed by atoms with van der Waals surface area (Å²) >= 11 is 0. The van der Waals surface area contributed by atoms with E-state index in [0.717, 1.165) is 24.5 Å². The quantitative estimate of drug-likeness (QED) is 0.329. The molecule has 3 aromatic carbocycles. The second-order valence-corrected chi connectivity index (χ2v) is 8.62. The lowest BCUT2D eigenvalue weighted by Crippen LogP contribution is -2.13. The van der Waals surface area contributed by atoms with Gasteiger partial charge in [0.2, 0.25) is 10.0 Å². The van der Waals surface area contributed by atoms with Gasteiger partial charge in [-0.1, -0.05) is 12.1 Å². The van der Waals surface area contributed by atoms with E-state index in [0.29, 0.717) is 5.56 Å². The van der Waals surface area contributed by atoms with E-state index in [1.54, 1.807) is 0 Å². The first-order valence-corrected chi connectivity index (χ1v) is 10.9. The van der Waals surface area contributed by atoms with Crippen molar-refractivity contribution in [2.45, 2.75) is 6.18 Å². The van der Waals surface area contributed by atoms with Crippen LogP contribution in [0, 0.1) is 0 Å². The molecule has 0 aliphatic carbocycles. The molecule has 11 heteroatoms. The molecule has 1 amide bonds. The lowest BCUT2D eigenvalue weighted by Gasteiger charge is -2.12. The fraction of sp³-hybridized carbons (Fsp3) is 0.0952. The summed E-state index contributed by atoms with van der Waals surface area (Å²) in [7, 11) is -3.66. The van der Waals surface area contributed by atoms with E-state index in [1.165, 1.54) is 42.5 Å². The first-order valence-electron chi connectivity index (χ1n) is 8.96. The largest absolute Gasteiger partial charge is 0.507 e. The summed E-state index contributed by atoms with van der Waals surface area (Å²) in [4.78, 5) is 12.5. The van der Waals surface area contributed by atoms with Crippen molar-refractivity contribution in [1.29, 1.82) is 0 Å². The number of hydrogen-bond acceptors (Lipinski definition) is 5. The van der Waals surface area contributed by atoms with E-state index < -0.39 is 27.7 Å². The summed E-state index contributed by atoms with van der Waals surface area (Å²) in [5, 5.41) is 22.5. The topological polar surface area (TPSA) is 116 Å². The second kappa shape index (κ2) is 8.42. The molecule has 0 aromatic heterocycles. The Kier molecular flexibility index (Phi) is 6.04. The van der Waals surface area contributed by atoms with Crippen molar-refractivity contribution in [2.75, 3.05) is 16.3 Å². The highest BCUT2D eigenvalue weighted by atomic mass is 32.2. The van der Waals surface area contributed by atoms with Gasteiger partial charge < -0.3 is 15.5 Å². The SMILES string of the molecule is CS(=O)(=O)Nc1cc(NC(=O)c2ccc(-c3ccc(C(F)(F)F)cc3)c(O)c2)ccc1O. The van der Waals surface area contributed by atoms with Crippen LogP contribution in [0.5, 0.6) is 11.5 Å². The number of sulfonamides is 1. The number of rotatable bonds is 5. The van der Waals surface area contributed by atoms with Gasteiger partial charge >= 0.3 is 6.18 Å². The Bertz CT molecular complexity index is 1270. The maximum atomic E-state index is 12.7. The standard InChI is InChI=1S/C21H17F3N2O5S/c1-32(30,31)26-17-11-15(7-9-18(17)27)25-20(29)13-4-8-16(19(28)10-13)12-2-5-14(6-3-12)21(22,23)24/h2-11,26-28H,1H3,(H,25,29). The first kappa shape index (κ1) is 22.9. The van der Waals surface area contributed by atoms with Crippen LogP contribution in [0.2, 0.25) is 0 Å². The summed E-state index contributed by atoms with van der Waals surface area (Å²) in [5.41, 5.74) is -0.174. The average Bonchev–Trinajstić information content (AvgIpc) is 2.69. The number of phenolic OH excluding ortho intramolecular Hbond substituents is 2. The zero-order chi connectivity index (χ0) is 23.7. The van der Waals surface area contributed by atoms with Gasteiger partial charge in [0.05, 0.1) is 17.5 Å². The van der Waals surface area contributed by atoms with Crippen LogP contribution in [0.3, 0.4) is 0 Å². The van der Waals surface area contributed by atoms with Crippen molar-refractivity contribution in [1.82, 2.24) is 0 Å². The number of aromatic hydroxyl groups is 2. The summed E-state index contributed by atoms with van der Waals surface area (Å²) in [6, 6.07) is 11.9. The van der Waals surface area contributed by atoms with Crippen molar-refractivity contribution in [2.24, 2.45) is 0 Å². The van der Waals surface area contributed by atoms with Crippen LogP contribution >= 0.6 is 0 Å². The Morgan fingerprint density at radius 2 is 1.56 bits per heavy atom. The molecule has 0 saturated carbocycles. The second-order valence-electron chi connectivity index (χ2n) is 6.87. The fourth-order valence-electron chi connectivity index (χ4n) is 2.85. The van der Waals surface area contributed by atoms with Gasteiger partial charge in [-0.05, 0) is 54.1 Å². The molecule has 0 aliphatic rings. The molecule has 0 unspecified atom stereocenters. The Labute approximate surface area is 181 Å². The molecule has 32 heavy (non-hydrogen) atoms. The van der Waals surface area contributed by atoms with Crippen molar-refractivity contribution in [3.05, 3.63) is 71.8 Å². The smallest absolute Gasteiger partial charge is 0.416 e. The number of hydrogen-bond donors (Lipinski definition) is 4. The highest BCUT2D eigenvalue weighted by Gasteiger charge is 2.30. The van der Waals surface area contributed by atoms with Crippen LogP contribution in [0.4, 0.5) is 24.5 Å². The zero-order valence-electron chi connectivity index (χ0n) is 16.4. The number of amides is 1. The lowest BCUT2D eigenvalue weighted by atomic mass is 10.0. The fourth-order valence-corrected chi connectivity index (χ4v) is 3.42. The van der Waals surface area contributed by atoms with Crippen LogP contribution in [0.15, 0.2) is 60.7 Å². The van der Waals surface area contributed by atoms with Crippen LogP contribution < -0.4 is 10.0 Å². The Morgan fingerprint density at radius 3 is 2.12 bits per heavy atom. The van der Waals surface area contributed by atoms with Crippen LogP contribution in [-0.4, -0.2) is 30.8 Å². The third-order valence-electron chi connectivity index (χ3n) is 4.33. The molecule has 0 spiro atoms.